The minimum Gasteiger partial charge on any atom is -0.304 e. The van der Waals surface area contributed by atoms with E-state index in [1.54, 1.807) is 0 Å². The van der Waals surface area contributed by atoms with E-state index in [1.165, 1.54) is 10.5 Å². The van der Waals surface area contributed by atoms with E-state index in [9.17, 15) is 9.59 Å². The maximum absolute atomic E-state index is 12.7. The highest BCUT2D eigenvalue weighted by Crippen LogP contribution is 2.27. The minimum absolute atomic E-state index is 0.0715. The molecule has 3 rings (SSSR count). The minimum atomic E-state index is -0.289. The summed E-state index contributed by atoms with van der Waals surface area (Å²) in [7, 11) is 2.08. The summed E-state index contributed by atoms with van der Waals surface area (Å²) in [6.45, 7) is 7.62. The van der Waals surface area contributed by atoms with Gasteiger partial charge in [-0.15, -0.1) is 0 Å². The van der Waals surface area contributed by atoms with E-state index in [0.29, 0.717) is 12.1 Å². The lowest BCUT2D eigenvalue weighted by Crippen LogP contribution is -2.51. The average molecular weight is 301 g/mol. The predicted octanol–water partition coefficient (Wildman–Crippen LogP) is 1.18. The Labute approximate surface area is 131 Å². The van der Waals surface area contributed by atoms with Crippen LogP contribution >= 0.6 is 0 Å². The topological polar surface area (TPSA) is 43.9 Å². The highest BCUT2D eigenvalue weighted by molar-refractivity contribution is 6.22. The molecule has 0 radical (unpaired) electrons. The van der Waals surface area contributed by atoms with Crippen molar-refractivity contribution in [1.82, 2.24) is 9.80 Å². The smallest absolute Gasteiger partial charge is 0.251 e. The zero-order valence-electron chi connectivity index (χ0n) is 13.5. The Bertz CT molecular complexity index is 606. The maximum Gasteiger partial charge on any atom is 0.251 e. The lowest BCUT2D eigenvalue weighted by Gasteiger charge is -2.35. The SMILES string of the molecule is Cc1ccc(N2C(=O)C[C@H](N3CCN(C)CC3)C2=O)cc1C. The van der Waals surface area contributed by atoms with E-state index < -0.39 is 0 Å². The first kappa shape index (κ1) is 15.2. The number of imide groups is 1. The normalized spacial score (nSPS) is 24.3. The molecule has 2 fully saturated rings. The monoisotopic (exact) mass is 301 g/mol. The number of likely N-dealkylation sites (N-methyl/N-ethyl adjacent to an activating group) is 1. The second-order valence-corrected chi connectivity index (χ2v) is 6.40. The molecule has 0 bridgehead atoms. The third-order valence-electron chi connectivity index (χ3n) is 4.85. The number of aryl methyl sites for hydroxylation is 2. The Morgan fingerprint density at radius 3 is 2.32 bits per heavy atom. The first-order valence-electron chi connectivity index (χ1n) is 7.84. The van der Waals surface area contributed by atoms with Gasteiger partial charge in [0, 0.05) is 26.2 Å². The second kappa shape index (κ2) is 5.82. The lowest BCUT2D eigenvalue weighted by atomic mass is 10.1. The predicted molar refractivity (Wildman–Crippen MR) is 85.9 cm³/mol. The standard InChI is InChI=1S/C17H23N3O2/c1-12-4-5-14(10-13(12)2)20-16(21)11-15(17(20)22)19-8-6-18(3)7-9-19/h4-5,10,15H,6-9,11H2,1-3H3/t15-/m0/s1. The van der Waals surface area contributed by atoms with Crippen molar-refractivity contribution in [3.05, 3.63) is 29.3 Å². The van der Waals surface area contributed by atoms with Crippen molar-refractivity contribution in [1.29, 1.82) is 0 Å². The summed E-state index contributed by atoms with van der Waals surface area (Å²) in [5.41, 5.74) is 2.97. The Morgan fingerprint density at radius 2 is 1.68 bits per heavy atom. The number of rotatable bonds is 2. The summed E-state index contributed by atoms with van der Waals surface area (Å²) in [5.74, 6) is -0.157. The maximum atomic E-state index is 12.7. The van der Waals surface area contributed by atoms with Gasteiger partial charge in [0.1, 0.15) is 0 Å². The largest absolute Gasteiger partial charge is 0.304 e. The molecule has 1 atom stereocenters. The van der Waals surface area contributed by atoms with Gasteiger partial charge in [0.25, 0.3) is 5.91 Å². The van der Waals surface area contributed by atoms with E-state index in [0.717, 1.165) is 31.7 Å². The van der Waals surface area contributed by atoms with E-state index in [2.05, 4.69) is 16.8 Å². The Kier molecular flexibility index (Phi) is 4.02. The third-order valence-corrected chi connectivity index (χ3v) is 4.85. The van der Waals surface area contributed by atoms with Gasteiger partial charge in [-0.2, -0.15) is 0 Å². The number of amides is 2. The summed E-state index contributed by atoms with van der Waals surface area (Å²) in [6.07, 6.45) is 0.301. The van der Waals surface area contributed by atoms with E-state index in [-0.39, 0.29) is 17.9 Å². The van der Waals surface area contributed by atoms with E-state index in [4.69, 9.17) is 0 Å². The van der Waals surface area contributed by atoms with E-state index >= 15 is 0 Å². The number of nitrogens with zero attached hydrogens (tertiary/aromatic N) is 3. The average Bonchev–Trinajstić information content (AvgIpc) is 2.78. The Morgan fingerprint density at radius 1 is 1.00 bits per heavy atom. The molecule has 22 heavy (non-hydrogen) atoms. The molecule has 5 nitrogen and oxygen atoms in total. The molecule has 2 amide bonds. The molecular weight excluding hydrogens is 278 g/mol. The lowest BCUT2D eigenvalue weighted by molar-refractivity contribution is -0.123. The van der Waals surface area contributed by atoms with Gasteiger partial charge >= 0.3 is 0 Å². The first-order valence-corrected chi connectivity index (χ1v) is 7.84. The number of piperazine rings is 1. The molecule has 118 valence electrons. The fourth-order valence-electron chi connectivity index (χ4n) is 3.17. The number of hydrogen-bond acceptors (Lipinski definition) is 4. The van der Waals surface area contributed by atoms with Gasteiger partial charge in [-0.05, 0) is 44.2 Å². The number of carbonyl (C=O) groups is 2. The molecule has 0 aliphatic carbocycles. The van der Waals surface area contributed by atoms with Gasteiger partial charge in [-0.1, -0.05) is 6.07 Å². The summed E-state index contributed by atoms with van der Waals surface area (Å²) in [6, 6.07) is 5.47. The zero-order valence-corrected chi connectivity index (χ0v) is 13.5. The number of carbonyl (C=O) groups excluding carboxylic acids is 2. The van der Waals surface area contributed by atoms with Crippen LogP contribution in [0.1, 0.15) is 17.5 Å². The van der Waals surface area contributed by atoms with Crippen molar-refractivity contribution in [3.8, 4) is 0 Å². The van der Waals surface area contributed by atoms with Crippen molar-refractivity contribution >= 4 is 17.5 Å². The second-order valence-electron chi connectivity index (χ2n) is 6.40. The molecular formula is C17H23N3O2. The quantitative estimate of drug-likeness (QED) is 0.770. The van der Waals surface area contributed by atoms with Gasteiger partial charge in [-0.3, -0.25) is 14.5 Å². The molecule has 0 spiro atoms. The van der Waals surface area contributed by atoms with Crippen LogP contribution in [0.15, 0.2) is 18.2 Å². The highest BCUT2D eigenvalue weighted by atomic mass is 16.2. The summed E-state index contributed by atoms with van der Waals surface area (Å²) in [5, 5.41) is 0. The van der Waals surface area contributed by atoms with Crippen molar-refractivity contribution < 1.29 is 9.59 Å². The van der Waals surface area contributed by atoms with Crippen molar-refractivity contribution in [2.75, 3.05) is 38.1 Å². The number of anilines is 1. The van der Waals surface area contributed by atoms with Crippen molar-refractivity contribution in [2.45, 2.75) is 26.3 Å². The molecule has 2 heterocycles. The molecule has 0 saturated carbocycles. The summed E-state index contributed by atoms with van der Waals surface area (Å²) >= 11 is 0. The number of benzene rings is 1. The fraction of sp³-hybridized carbons (Fsp3) is 0.529. The van der Waals surface area contributed by atoms with Gasteiger partial charge < -0.3 is 4.90 Å². The molecule has 0 N–H and O–H groups in total. The van der Waals surface area contributed by atoms with Gasteiger partial charge in [0.2, 0.25) is 5.91 Å². The van der Waals surface area contributed by atoms with Crippen LogP contribution in [-0.2, 0) is 9.59 Å². The van der Waals surface area contributed by atoms with E-state index in [1.807, 2.05) is 32.0 Å². The van der Waals surface area contributed by atoms with Gasteiger partial charge in [0.05, 0.1) is 18.2 Å². The summed E-state index contributed by atoms with van der Waals surface area (Å²) < 4.78 is 0. The van der Waals surface area contributed by atoms with Crippen molar-refractivity contribution in [2.24, 2.45) is 0 Å². The van der Waals surface area contributed by atoms with Crippen LogP contribution in [0.2, 0.25) is 0 Å². The van der Waals surface area contributed by atoms with Crippen LogP contribution < -0.4 is 4.90 Å². The van der Waals surface area contributed by atoms with Crippen molar-refractivity contribution in [3.63, 3.8) is 0 Å². The Hall–Kier alpha value is -1.72. The van der Waals surface area contributed by atoms with Gasteiger partial charge in [0.15, 0.2) is 0 Å². The van der Waals surface area contributed by atoms with Crippen LogP contribution in [0.5, 0.6) is 0 Å². The van der Waals surface area contributed by atoms with Crippen LogP contribution in [0.3, 0.4) is 0 Å². The van der Waals surface area contributed by atoms with Crippen LogP contribution in [0.25, 0.3) is 0 Å². The Balaban J connectivity index is 1.80. The molecule has 2 saturated heterocycles. The van der Waals surface area contributed by atoms with Crippen LogP contribution in [0.4, 0.5) is 5.69 Å². The molecule has 1 aromatic carbocycles. The molecule has 2 aliphatic heterocycles. The van der Waals surface area contributed by atoms with Gasteiger partial charge in [-0.25, -0.2) is 4.90 Å². The zero-order chi connectivity index (χ0) is 15.9. The third kappa shape index (κ3) is 2.66. The molecule has 1 aromatic rings. The molecule has 0 aromatic heterocycles. The first-order chi connectivity index (χ1) is 10.5. The molecule has 2 aliphatic rings. The highest BCUT2D eigenvalue weighted by Gasteiger charge is 2.43. The van der Waals surface area contributed by atoms with Crippen LogP contribution in [0, 0.1) is 13.8 Å². The fourth-order valence-corrected chi connectivity index (χ4v) is 3.17. The molecule has 5 heteroatoms. The van der Waals surface area contributed by atoms with Crippen LogP contribution in [-0.4, -0.2) is 60.9 Å². The number of hydrogen-bond donors (Lipinski definition) is 0. The molecule has 0 unspecified atom stereocenters. The summed E-state index contributed by atoms with van der Waals surface area (Å²) in [4.78, 5) is 30.9.